The van der Waals surface area contributed by atoms with E-state index in [1.807, 2.05) is 18.2 Å². The second-order valence-electron chi connectivity index (χ2n) is 8.29. The minimum absolute atomic E-state index is 0.101. The molecule has 174 valence electrons. The molecule has 1 saturated heterocycles. The monoisotopic (exact) mass is 436 g/mol. The molecule has 5 heteroatoms. The van der Waals surface area contributed by atoms with E-state index in [1.165, 1.54) is 19.1 Å². The summed E-state index contributed by atoms with van der Waals surface area (Å²) in [4.78, 5) is 0. The molecule has 1 heterocycles. The number of allylic oxidation sites excluding steroid dienone is 8. The van der Waals surface area contributed by atoms with Gasteiger partial charge < -0.3 is 14.2 Å². The molecule has 0 aromatic carbocycles. The van der Waals surface area contributed by atoms with Crippen molar-refractivity contribution in [1.29, 1.82) is 0 Å². The molecule has 3 nitrogen and oxygen atoms in total. The summed E-state index contributed by atoms with van der Waals surface area (Å²) in [6, 6.07) is 0. The van der Waals surface area contributed by atoms with Crippen molar-refractivity contribution in [3.8, 4) is 0 Å². The molecule has 0 spiro atoms. The lowest BCUT2D eigenvalue weighted by Gasteiger charge is -2.29. The summed E-state index contributed by atoms with van der Waals surface area (Å²) in [6.45, 7) is 9.21. The number of hydrogen-bond acceptors (Lipinski definition) is 3. The summed E-state index contributed by atoms with van der Waals surface area (Å²) in [7, 11) is 1.38. The second-order valence-corrected chi connectivity index (χ2v) is 8.29. The Balaban J connectivity index is 0.00000107. The molecule has 2 atom stereocenters. The van der Waals surface area contributed by atoms with Crippen LogP contribution in [0.3, 0.4) is 0 Å². The van der Waals surface area contributed by atoms with Gasteiger partial charge in [0.05, 0.1) is 32.5 Å². The van der Waals surface area contributed by atoms with E-state index in [0.29, 0.717) is 44.2 Å². The molecule has 1 fully saturated rings. The maximum absolute atomic E-state index is 14.3. The fourth-order valence-electron chi connectivity index (χ4n) is 3.93. The Hall–Kier alpha value is -1.72. The molecular weight excluding hydrogens is 398 g/mol. The highest BCUT2D eigenvalue weighted by Gasteiger charge is 2.26. The van der Waals surface area contributed by atoms with E-state index >= 15 is 0 Å². The van der Waals surface area contributed by atoms with Gasteiger partial charge in [-0.25, -0.2) is 8.78 Å². The SMILES string of the molecule is C=CCCC1CCC(OCC2=CC=C(C3=C(F)C(F)=C(OC)CC3)CC2)CO1.CCC. The van der Waals surface area contributed by atoms with Crippen LogP contribution < -0.4 is 0 Å². The Morgan fingerprint density at radius 3 is 2.45 bits per heavy atom. The van der Waals surface area contributed by atoms with Gasteiger partial charge in [0, 0.05) is 6.42 Å². The maximum atomic E-state index is 14.3. The lowest BCUT2D eigenvalue weighted by atomic mass is 9.88. The van der Waals surface area contributed by atoms with E-state index in [0.717, 1.165) is 37.7 Å². The van der Waals surface area contributed by atoms with Gasteiger partial charge in [0.2, 0.25) is 0 Å². The number of methoxy groups -OCH3 is 1. The predicted molar refractivity (Wildman–Crippen MR) is 122 cm³/mol. The van der Waals surface area contributed by atoms with Crippen molar-refractivity contribution >= 4 is 0 Å². The Morgan fingerprint density at radius 2 is 1.87 bits per heavy atom. The van der Waals surface area contributed by atoms with Crippen LogP contribution in [0.25, 0.3) is 0 Å². The standard InChI is InChI=1S/C23H30F2O3.C3H8/c1-3-4-5-18-10-11-19(15-28-18)27-14-16-6-8-17(9-7-16)20-12-13-21(26-2)23(25)22(20)24;1-3-2/h3,6,8,18-19H,1,4-5,7,9-15H2,2H3;3H2,1-2H3. The number of ether oxygens (including phenoxy) is 3. The lowest BCUT2D eigenvalue weighted by Crippen LogP contribution is -2.31. The van der Waals surface area contributed by atoms with E-state index in [9.17, 15) is 8.78 Å². The summed E-state index contributed by atoms with van der Waals surface area (Å²) in [5, 5.41) is 0. The third-order valence-electron chi connectivity index (χ3n) is 5.70. The normalized spacial score (nSPS) is 24.2. The van der Waals surface area contributed by atoms with Gasteiger partial charge in [-0.2, -0.15) is 0 Å². The molecule has 0 aromatic heterocycles. The summed E-state index contributed by atoms with van der Waals surface area (Å²) in [6.07, 6.45) is 14.0. The van der Waals surface area contributed by atoms with Crippen molar-refractivity contribution in [2.24, 2.45) is 0 Å². The molecule has 3 aliphatic rings. The summed E-state index contributed by atoms with van der Waals surface area (Å²) >= 11 is 0. The van der Waals surface area contributed by atoms with Crippen LogP contribution in [0.15, 0.2) is 58.9 Å². The fourth-order valence-corrected chi connectivity index (χ4v) is 3.93. The lowest BCUT2D eigenvalue weighted by molar-refractivity contribution is -0.0823. The van der Waals surface area contributed by atoms with Crippen LogP contribution >= 0.6 is 0 Å². The molecule has 2 unspecified atom stereocenters. The molecule has 0 bridgehead atoms. The minimum atomic E-state index is -0.855. The van der Waals surface area contributed by atoms with E-state index in [4.69, 9.17) is 14.2 Å². The summed E-state index contributed by atoms with van der Waals surface area (Å²) in [5.74, 6) is -1.53. The molecule has 0 radical (unpaired) electrons. The van der Waals surface area contributed by atoms with E-state index in [2.05, 4.69) is 20.4 Å². The molecule has 3 rings (SSSR count). The van der Waals surface area contributed by atoms with Gasteiger partial charge in [0.25, 0.3) is 0 Å². The van der Waals surface area contributed by atoms with Crippen molar-refractivity contribution in [1.82, 2.24) is 0 Å². The Kier molecular flexibility index (Phi) is 11.2. The zero-order valence-electron chi connectivity index (χ0n) is 19.4. The van der Waals surface area contributed by atoms with Gasteiger partial charge >= 0.3 is 0 Å². The van der Waals surface area contributed by atoms with Crippen molar-refractivity contribution in [3.05, 3.63) is 58.9 Å². The highest BCUT2D eigenvalue weighted by Crippen LogP contribution is 2.38. The van der Waals surface area contributed by atoms with Crippen molar-refractivity contribution in [2.75, 3.05) is 20.3 Å². The van der Waals surface area contributed by atoms with Crippen LogP contribution in [-0.2, 0) is 14.2 Å². The molecule has 1 aliphatic heterocycles. The molecule has 2 aliphatic carbocycles. The zero-order valence-corrected chi connectivity index (χ0v) is 19.4. The third kappa shape index (κ3) is 7.73. The van der Waals surface area contributed by atoms with Crippen molar-refractivity contribution in [2.45, 2.75) is 83.8 Å². The quantitative estimate of drug-likeness (QED) is 0.370. The van der Waals surface area contributed by atoms with Crippen LogP contribution in [0.4, 0.5) is 8.78 Å². The summed E-state index contributed by atoms with van der Waals surface area (Å²) < 4.78 is 45.1. The van der Waals surface area contributed by atoms with E-state index in [-0.39, 0.29) is 11.9 Å². The first kappa shape index (κ1) is 25.5. The van der Waals surface area contributed by atoms with Gasteiger partial charge in [-0.15, -0.1) is 6.58 Å². The molecule has 0 aromatic rings. The van der Waals surface area contributed by atoms with Gasteiger partial charge in [-0.05, 0) is 61.7 Å². The van der Waals surface area contributed by atoms with Gasteiger partial charge in [-0.1, -0.05) is 38.5 Å². The Morgan fingerprint density at radius 1 is 1.10 bits per heavy atom. The molecule has 0 N–H and O–H groups in total. The van der Waals surface area contributed by atoms with E-state index < -0.39 is 11.7 Å². The second kappa shape index (κ2) is 13.6. The largest absolute Gasteiger partial charge is 0.498 e. The Labute approximate surface area is 186 Å². The highest BCUT2D eigenvalue weighted by atomic mass is 19.2. The molecule has 0 amide bonds. The van der Waals surface area contributed by atoms with Crippen molar-refractivity contribution < 1.29 is 23.0 Å². The topological polar surface area (TPSA) is 27.7 Å². The first-order valence-electron chi connectivity index (χ1n) is 11.6. The first-order valence-corrected chi connectivity index (χ1v) is 11.6. The van der Waals surface area contributed by atoms with E-state index in [1.54, 1.807) is 0 Å². The van der Waals surface area contributed by atoms with Crippen LogP contribution in [0.1, 0.15) is 71.6 Å². The fraction of sp³-hybridized carbons (Fsp3) is 0.615. The van der Waals surface area contributed by atoms with Crippen molar-refractivity contribution in [3.63, 3.8) is 0 Å². The highest BCUT2D eigenvalue weighted by molar-refractivity contribution is 5.46. The van der Waals surface area contributed by atoms with Crippen LogP contribution in [-0.4, -0.2) is 32.5 Å². The zero-order chi connectivity index (χ0) is 22.6. The summed E-state index contributed by atoms with van der Waals surface area (Å²) in [5.41, 5.74) is 2.53. The average molecular weight is 437 g/mol. The van der Waals surface area contributed by atoms with Crippen LogP contribution in [0.2, 0.25) is 0 Å². The average Bonchev–Trinajstić information content (AvgIpc) is 2.80. The van der Waals surface area contributed by atoms with Gasteiger partial charge in [0.15, 0.2) is 11.7 Å². The number of halogens is 2. The smallest absolute Gasteiger partial charge is 0.196 e. The molecule has 0 saturated carbocycles. The minimum Gasteiger partial charge on any atom is -0.498 e. The molecular formula is C26H38F2O3. The number of rotatable bonds is 8. The number of hydrogen-bond donors (Lipinski definition) is 0. The Bertz CT molecular complexity index is 710. The first-order chi connectivity index (χ1) is 15.0. The third-order valence-corrected chi connectivity index (χ3v) is 5.70. The van der Waals surface area contributed by atoms with Crippen LogP contribution in [0, 0.1) is 0 Å². The van der Waals surface area contributed by atoms with Crippen LogP contribution in [0.5, 0.6) is 0 Å². The van der Waals surface area contributed by atoms with Gasteiger partial charge in [0.1, 0.15) is 5.76 Å². The van der Waals surface area contributed by atoms with Gasteiger partial charge in [-0.3, -0.25) is 0 Å². The maximum Gasteiger partial charge on any atom is 0.196 e. The predicted octanol–water partition coefficient (Wildman–Crippen LogP) is 7.42. The molecule has 31 heavy (non-hydrogen) atoms.